The number of nitrogens with zero attached hydrogens (tertiary/aromatic N) is 2. The van der Waals surface area contributed by atoms with Crippen LogP contribution in [-0.2, 0) is 14.3 Å². The fourth-order valence-electron chi connectivity index (χ4n) is 4.81. The molecule has 44 heavy (non-hydrogen) atoms. The van der Waals surface area contributed by atoms with E-state index in [1.807, 2.05) is 39.0 Å². The smallest absolute Gasteiger partial charge is 0.338 e. The molecule has 0 N–H and O–H groups in total. The van der Waals surface area contributed by atoms with Gasteiger partial charge in [-0.3, -0.25) is 9.36 Å². The van der Waals surface area contributed by atoms with E-state index in [4.69, 9.17) is 33.4 Å². The number of esters is 1. The van der Waals surface area contributed by atoms with Crippen LogP contribution in [0.5, 0.6) is 23.0 Å². The van der Waals surface area contributed by atoms with Crippen molar-refractivity contribution in [3.05, 3.63) is 76.0 Å². The second kappa shape index (κ2) is 15.6. The number of hydrogen-bond acceptors (Lipinski definition) is 10. The highest BCUT2D eigenvalue weighted by Gasteiger charge is 2.36. The highest BCUT2D eigenvalue weighted by molar-refractivity contribution is 14.1. The molecule has 236 valence electrons. The minimum absolute atomic E-state index is 0.0540. The zero-order valence-corrected chi connectivity index (χ0v) is 28.7. The number of aromatic nitrogens is 1. The summed E-state index contributed by atoms with van der Waals surface area (Å²) in [7, 11) is 3.08. The van der Waals surface area contributed by atoms with Crippen molar-refractivity contribution in [1.29, 1.82) is 0 Å². The van der Waals surface area contributed by atoms with Gasteiger partial charge in [-0.15, -0.1) is 0 Å². The Morgan fingerprint density at radius 2 is 1.80 bits per heavy atom. The van der Waals surface area contributed by atoms with E-state index in [0.717, 1.165) is 15.6 Å². The minimum Gasteiger partial charge on any atom is -0.493 e. The van der Waals surface area contributed by atoms with Gasteiger partial charge in [0.15, 0.2) is 27.8 Å². The molecule has 4 rings (SSSR count). The number of ether oxygens (including phenoxy) is 6. The third-order valence-corrected chi connectivity index (χ3v) is 8.44. The van der Waals surface area contributed by atoms with Gasteiger partial charge in [-0.25, -0.2) is 9.79 Å². The van der Waals surface area contributed by atoms with E-state index in [2.05, 4.69) is 22.6 Å². The fourth-order valence-corrected chi connectivity index (χ4v) is 6.64. The number of carbonyl (C=O) groups is 1. The van der Waals surface area contributed by atoms with Crippen LogP contribution in [0.4, 0.5) is 0 Å². The van der Waals surface area contributed by atoms with Crippen LogP contribution in [0.1, 0.15) is 51.3 Å². The highest BCUT2D eigenvalue weighted by atomic mass is 127. The summed E-state index contributed by atoms with van der Waals surface area (Å²) in [6.07, 6.45) is 2.67. The molecule has 2 heterocycles. The van der Waals surface area contributed by atoms with Crippen molar-refractivity contribution in [3.8, 4) is 23.0 Å². The maximum Gasteiger partial charge on any atom is 0.338 e. The molecular weight excluding hydrogens is 699 g/mol. The van der Waals surface area contributed by atoms with Crippen LogP contribution in [0.3, 0.4) is 0 Å². The van der Waals surface area contributed by atoms with Gasteiger partial charge in [0.05, 0.1) is 52.9 Å². The Balaban J connectivity index is 1.94. The van der Waals surface area contributed by atoms with Gasteiger partial charge in [0.2, 0.25) is 0 Å². The molecule has 0 unspecified atom stereocenters. The minimum atomic E-state index is -0.871. The standard InChI is InChI=1S/C32H37IN2O8S/c1-7-13-42-29-22(33)16-20(17-24(29)40-8-2)18-25-30(36)35-27(21-11-10-12-23(39-6)28(21)41-9-3)26(19(4)34-32(35)44-25)31(37)43-15-14-38-5/h10-12,16-18,27H,7-9,13-15H2,1-6H3/b25-18+/t27-/m0/s1. The number of methoxy groups -OCH3 is 2. The number of benzene rings is 2. The summed E-state index contributed by atoms with van der Waals surface area (Å²) in [6.45, 7) is 9.23. The number of halogens is 1. The molecule has 0 amide bonds. The lowest BCUT2D eigenvalue weighted by Crippen LogP contribution is -2.40. The van der Waals surface area contributed by atoms with Crippen LogP contribution in [0.15, 0.2) is 51.4 Å². The van der Waals surface area contributed by atoms with Crippen LogP contribution in [-0.4, -0.2) is 57.8 Å². The van der Waals surface area contributed by atoms with Crippen molar-refractivity contribution in [3.63, 3.8) is 0 Å². The zero-order valence-electron chi connectivity index (χ0n) is 25.7. The van der Waals surface area contributed by atoms with Crippen LogP contribution in [0.2, 0.25) is 0 Å². The molecule has 0 fully saturated rings. The molecule has 0 spiro atoms. The predicted molar refractivity (Wildman–Crippen MR) is 177 cm³/mol. The van der Waals surface area contributed by atoms with Crippen LogP contribution >= 0.6 is 33.9 Å². The zero-order chi connectivity index (χ0) is 31.8. The number of para-hydroxylation sites is 1. The average Bonchev–Trinajstić information content (AvgIpc) is 3.30. The van der Waals surface area contributed by atoms with Crippen molar-refractivity contribution in [2.45, 2.75) is 40.2 Å². The first-order valence-electron chi connectivity index (χ1n) is 14.4. The molecule has 1 atom stereocenters. The first-order chi connectivity index (χ1) is 21.3. The molecule has 0 saturated heterocycles. The van der Waals surface area contributed by atoms with Gasteiger partial charge in [0, 0.05) is 12.7 Å². The van der Waals surface area contributed by atoms with Gasteiger partial charge >= 0.3 is 5.97 Å². The molecule has 0 aliphatic carbocycles. The maximum absolute atomic E-state index is 14.2. The van der Waals surface area contributed by atoms with E-state index in [0.29, 0.717) is 63.4 Å². The first kappa shape index (κ1) is 33.5. The molecule has 2 aromatic carbocycles. The maximum atomic E-state index is 14.2. The summed E-state index contributed by atoms with van der Waals surface area (Å²) in [4.78, 5) is 32.9. The van der Waals surface area contributed by atoms with E-state index in [9.17, 15) is 9.59 Å². The van der Waals surface area contributed by atoms with Crippen molar-refractivity contribution in [2.75, 3.05) is 47.3 Å². The fraction of sp³-hybridized carbons (Fsp3) is 0.406. The molecule has 1 aliphatic heterocycles. The normalized spacial score (nSPS) is 14.6. The Kier molecular flexibility index (Phi) is 11.9. The lowest BCUT2D eigenvalue weighted by atomic mass is 9.94. The topological polar surface area (TPSA) is 107 Å². The molecule has 1 aliphatic rings. The third-order valence-electron chi connectivity index (χ3n) is 6.65. The van der Waals surface area contributed by atoms with Gasteiger partial charge in [-0.1, -0.05) is 30.4 Å². The second-order valence-electron chi connectivity index (χ2n) is 9.63. The van der Waals surface area contributed by atoms with Crippen LogP contribution in [0.25, 0.3) is 6.08 Å². The summed E-state index contributed by atoms with van der Waals surface area (Å²) in [5.41, 5.74) is 1.73. The van der Waals surface area contributed by atoms with E-state index >= 15 is 0 Å². The molecule has 3 aromatic rings. The van der Waals surface area contributed by atoms with Gasteiger partial charge in [-0.2, -0.15) is 0 Å². The molecule has 10 nitrogen and oxygen atoms in total. The molecule has 0 radical (unpaired) electrons. The summed E-state index contributed by atoms with van der Waals surface area (Å²) in [5, 5.41) is 0. The molecule has 0 saturated carbocycles. The number of rotatable bonds is 14. The Bertz CT molecular complexity index is 1710. The van der Waals surface area contributed by atoms with Crippen LogP contribution < -0.4 is 33.8 Å². The molecular formula is C32H37IN2O8S. The number of thiazole rings is 1. The predicted octanol–water partition coefficient (Wildman–Crippen LogP) is 4.62. The van der Waals surface area contributed by atoms with Crippen molar-refractivity contribution < 1.29 is 33.2 Å². The Hall–Kier alpha value is -3.36. The van der Waals surface area contributed by atoms with Crippen molar-refractivity contribution in [1.82, 2.24) is 4.57 Å². The van der Waals surface area contributed by atoms with E-state index < -0.39 is 12.0 Å². The Morgan fingerprint density at radius 1 is 1.02 bits per heavy atom. The number of hydrogen-bond donors (Lipinski definition) is 0. The Labute approximate surface area is 274 Å². The number of carbonyl (C=O) groups excluding carboxylic acids is 1. The van der Waals surface area contributed by atoms with Gasteiger partial charge < -0.3 is 28.4 Å². The second-order valence-corrected chi connectivity index (χ2v) is 11.8. The Morgan fingerprint density at radius 3 is 2.48 bits per heavy atom. The van der Waals surface area contributed by atoms with E-state index in [1.54, 1.807) is 32.2 Å². The molecule has 0 bridgehead atoms. The van der Waals surface area contributed by atoms with Gasteiger partial charge in [-0.05, 0) is 79.6 Å². The summed E-state index contributed by atoms with van der Waals surface area (Å²) in [6, 6.07) is 8.34. The largest absolute Gasteiger partial charge is 0.493 e. The van der Waals surface area contributed by atoms with Crippen molar-refractivity contribution >= 4 is 46.0 Å². The number of allylic oxidation sites excluding steroid dienone is 1. The molecule has 1 aromatic heterocycles. The summed E-state index contributed by atoms with van der Waals surface area (Å²) < 4.78 is 36.9. The summed E-state index contributed by atoms with van der Waals surface area (Å²) >= 11 is 3.46. The lowest BCUT2D eigenvalue weighted by molar-refractivity contribution is -0.140. The lowest BCUT2D eigenvalue weighted by Gasteiger charge is -2.27. The van der Waals surface area contributed by atoms with Gasteiger partial charge in [0.25, 0.3) is 5.56 Å². The third kappa shape index (κ3) is 7.13. The van der Waals surface area contributed by atoms with Crippen LogP contribution in [0, 0.1) is 3.57 Å². The quantitative estimate of drug-likeness (QED) is 0.134. The number of fused-ring (bicyclic) bond motifs is 1. The SMILES string of the molecule is CCCOc1c(I)cc(/C=c2/sc3n(c2=O)[C@@H](c2cccc(OC)c2OCC)C(C(=O)OCCOC)=C(C)N=3)cc1OCC. The highest BCUT2D eigenvalue weighted by Crippen LogP contribution is 2.41. The molecule has 12 heteroatoms. The average molecular weight is 737 g/mol. The first-order valence-corrected chi connectivity index (χ1v) is 16.3. The summed E-state index contributed by atoms with van der Waals surface area (Å²) in [5.74, 6) is 1.62. The van der Waals surface area contributed by atoms with Crippen molar-refractivity contribution in [2.24, 2.45) is 4.99 Å². The van der Waals surface area contributed by atoms with E-state index in [-0.39, 0.29) is 24.3 Å². The van der Waals surface area contributed by atoms with E-state index in [1.165, 1.54) is 23.0 Å². The van der Waals surface area contributed by atoms with Gasteiger partial charge in [0.1, 0.15) is 12.6 Å². The monoisotopic (exact) mass is 736 g/mol.